The molecule has 0 aliphatic heterocycles. The Balaban J connectivity index is 2.00. The Morgan fingerprint density at radius 3 is 2.32 bits per heavy atom. The van der Waals surface area contributed by atoms with Crippen LogP contribution in [-0.4, -0.2) is 25.6 Å². The molecule has 1 amide bonds. The fourth-order valence-corrected chi connectivity index (χ4v) is 2.82. The number of carbonyl (C=O) groups is 2. The molecule has 5 nitrogen and oxygen atoms in total. The quantitative estimate of drug-likeness (QED) is 0.732. The van der Waals surface area contributed by atoms with Crippen molar-refractivity contribution in [1.29, 1.82) is 0 Å². The van der Waals surface area contributed by atoms with Gasteiger partial charge in [-0.25, -0.2) is 4.79 Å². The number of methoxy groups -OCH3 is 1. The molecule has 132 valence electrons. The first-order chi connectivity index (χ1) is 11.8. The van der Waals surface area contributed by atoms with E-state index in [0.29, 0.717) is 10.7 Å². The molecule has 0 unspecified atom stereocenters. The Bertz CT molecular complexity index is 801. The molecule has 2 rings (SSSR count). The highest BCUT2D eigenvalue weighted by Gasteiger charge is 2.16. The van der Waals surface area contributed by atoms with Crippen molar-refractivity contribution in [1.82, 2.24) is 0 Å². The number of ether oxygens (including phenoxy) is 2. The number of benzene rings is 2. The predicted molar refractivity (Wildman–Crippen MR) is 98.1 cm³/mol. The van der Waals surface area contributed by atoms with Gasteiger partial charge in [-0.2, -0.15) is 0 Å². The lowest BCUT2D eigenvalue weighted by atomic mass is 10.2. The summed E-state index contributed by atoms with van der Waals surface area (Å²) in [6.07, 6.45) is 0. The van der Waals surface area contributed by atoms with E-state index in [0.717, 1.165) is 5.56 Å². The largest absolute Gasteiger partial charge is 0.494 e. The molecular formula is C17H14Cl3NO4. The fourth-order valence-electron chi connectivity index (χ4n) is 2.00. The first-order valence-electron chi connectivity index (χ1n) is 7.08. The van der Waals surface area contributed by atoms with Gasteiger partial charge >= 0.3 is 5.97 Å². The average molecular weight is 403 g/mol. The molecule has 0 bridgehead atoms. The molecule has 0 aliphatic carbocycles. The molecule has 8 heteroatoms. The second kappa shape index (κ2) is 8.43. The van der Waals surface area contributed by atoms with Crippen molar-refractivity contribution in [2.24, 2.45) is 0 Å². The van der Waals surface area contributed by atoms with Crippen molar-refractivity contribution >= 4 is 52.4 Å². The zero-order valence-corrected chi connectivity index (χ0v) is 15.6. The summed E-state index contributed by atoms with van der Waals surface area (Å²) in [5.74, 6) is -0.970. The van der Waals surface area contributed by atoms with Crippen LogP contribution in [0.2, 0.25) is 15.1 Å². The number of nitrogens with one attached hydrogen (secondary N) is 1. The third-order valence-electron chi connectivity index (χ3n) is 3.25. The van der Waals surface area contributed by atoms with Crippen LogP contribution < -0.4 is 10.1 Å². The monoisotopic (exact) mass is 401 g/mol. The number of hydrogen-bond donors (Lipinski definition) is 1. The van der Waals surface area contributed by atoms with E-state index in [1.807, 2.05) is 6.92 Å². The Kier molecular flexibility index (Phi) is 6.53. The van der Waals surface area contributed by atoms with Gasteiger partial charge in [0.2, 0.25) is 0 Å². The molecule has 0 fully saturated rings. The fraction of sp³-hybridized carbons (Fsp3) is 0.176. The van der Waals surface area contributed by atoms with Gasteiger partial charge in [-0.3, -0.25) is 4.79 Å². The number of aryl methyl sites for hydroxylation is 1. The normalized spacial score (nSPS) is 10.3. The van der Waals surface area contributed by atoms with Crippen LogP contribution in [0.4, 0.5) is 5.69 Å². The van der Waals surface area contributed by atoms with Crippen molar-refractivity contribution in [2.75, 3.05) is 19.0 Å². The zero-order valence-electron chi connectivity index (χ0n) is 13.4. The van der Waals surface area contributed by atoms with Crippen molar-refractivity contribution < 1.29 is 19.1 Å². The predicted octanol–water partition coefficient (Wildman–Crippen LogP) is 4.76. The SMILES string of the molecule is COc1c(Cl)cc(C(=O)OCC(=O)Nc2cc(Cl)ccc2C)cc1Cl. The Morgan fingerprint density at radius 2 is 1.72 bits per heavy atom. The highest BCUT2D eigenvalue weighted by molar-refractivity contribution is 6.37. The minimum Gasteiger partial charge on any atom is -0.494 e. The van der Waals surface area contributed by atoms with E-state index in [2.05, 4.69) is 5.32 Å². The van der Waals surface area contributed by atoms with Gasteiger partial charge in [0.1, 0.15) is 0 Å². The third-order valence-corrected chi connectivity index (χ3v) is 4.04. The van der Waals surface area contributed by atoms with Gasteiger partial charge in [-0.1, -0.05) is 40.9 Å². The second-order valence-electron chi connectivity index (χ2n) is 5.06. The highest BCUT2D eigenvalue weighted by Crippen LogP contribution is 2.34. The maximum atomic E-state index is 12.0. The van der Waals surface area contributed by atoms with Crippen molar-refractivity contribution in [2.45, 2.75) is 6.92 Å². The summed E-state index contributed by atoms with van der Waals surface area (Å²) < 4.78 is 9.98. The first-order valence-corrected chi connectivity index (χ1v) is 8.21. The van der Waals surface area contributed by atoms with Gasteiger partial charge < -0.3 is 14.8 Å². The van der Waals surface area contributed by atoms with Gasteiger partial charge in [0.15, 0.2) is 12.4 Å². The van der Waals surface area contributed by atoms with Crippen LogP contribution in [0.15, 0.2) is 30.3 Å². The maximum absolute atomic E-state index is 12.0. The molecule has 0 radical (unpaired) electrons. The van der Waals surface area contributed by atoms with E-state index in [9.17, 15) is 9.59 Å². The summed E-state index contributed by atoms with van der Waals surface area (Å²) >= 11 is 17.8. The third kappa shape index (κ3) is 5.01. The highest BCUT2D eigenvalue weighted by atomic mass is 35.5. The standard InChI is InChI=1S/C17H14Cl3NO4/c1-9-3-4-11(18)7-14(9)21-15(22)8-25-17(23)10-5-12(19)16(24-2)13(20)6-10/h3-7H,8H2,1-2H3,(H,21,22). The number of hydrogen-bond acceptors (Lipinski definition) is 4. The van der Waals surface area contributed by atoms with E-state index in [4.69, 9.17) is 44.3 Å². The van der Waals surface area contributed by atoms with E-state index in [-0.39, 0.29) is 21.4 Å². The molecule has 0 spiro atoms. The summed E-state index contributed by atoms with van der Waals surface area (Å²) in [5.41, 5.74) is 1.49. The van der Waals surface area contributed by atoms with Crippen LogP contribution in [0, 0.1) is 6.92 Å². The molecule has 0 atom stereocenters. The van der Waals surface area contributed by atoms with E-state index < -0.39 is 18.5 Å². The number of anilines is 1. The average Bonchev–Trinajstić information content (AvgIpc) is 2.55. The molecule has 25 heavy (non-hydrogen) atoms. The van der Waals surface area contributed by atoms with Crippen LogP contribution in [0.25, 0.3) is 0 Å². The van der Waals surface area contributed by atoms with Gasteiger partial charge in [-0.15, -0.1) is 0 Å². The van der Waals surface area contributed by atoms with Crippen LogP contribution in [0.1, 0.15) is 15.9 Å². The Morgan fingerprint density at radius 1 is 1.08 bits per heavy atom. The molecule has 0 aromatic heterocycles. The van der Waals surface area contributed by atoms with Crippen molar-refractivity contribution in [3.63, 3.8) is 0 Å². The van der Waals surface area contributed by atoms with E-state index >= 15 is 0 Å². The van der Waals surface area contributed by atoms with Crippen LogP contribution >= 0.6 is 34.8 Å². The minimum atomic E-state index is -0.732. The van der Waals surface area contributed by atoms with Crippen molar-refractivity contribution in [3.05, 3.63) is 56.5 Å². The van der Waals surface area contributed by atoms with E-state index in [1.165, 1.54) is 19.2 Å². The summed E-state index contributed by atoms with van der Waals surface area (Å²) in [6.45, 7) is 1.35. The molecule has 1 N–H and O–H groups in total. The van der Waals surface area contributed by atoms with Crippen LogP contribution in [0.5, 0.6) is 5.75 Å². The molecule has 2 aromatic carbocycles. The van der Waals surface area contributed by atoms with Crippen LogP contribution in [0.3, 0.4) is 0 Å². The van der Waals surface area contributed by atoms with Gasteiger partial charge in [0.05, 0.1) is 22.7 Å². The second-order valence-corrected chi connectivity index (χ2v) is 6.31. The molecule has 0 saturated carbocycles. The van der Waals surface area contributed by atoms with Crippen LogP contribution in [-0.2, 0) is 9.53 Å². The number of esters is 1. The van der Waals surface area contributed by atoms with E-state index in [1.54, 1.807) is 18.2 Å². The Hall–Kier alpha value is -1.95. The minimum absolute atomic E-state index is 0.113. The number of rotatable bonds is 5. The zero-order chi connectivity index (χ0) is 18.6. The molecular weight excluding hydrogens is 389 g/mol. The lowest BCUT2D eigenvalue weighted by Crippen LogP contribution is -2.21. The lowest BCUT2D eigenvalue weighted by molar-refractivity contribution is -0.119. The molecule has 0 heterocycles. The van der Waals surface area contributed by atoms with Gasteiger partial charge in [0.25, 0.3) is 5.91 Å². The summed E-state index contributed by atoms with van der Waals surface area (Å²) in [4.78, 5) is 24.0. The van der Waals surface area contributed by atoms with Crippen molar-refractivity contribution in [3.8, 4) is 5.75 Å². The number of halogens is 3. The maximum Gasteiger partial charge on any atom is 0.338 e. The molecule has 2 aromatic rings. The summed E-state index contributed by atoms with van der Waals surface area (Å²) in [5, 5.41) is 3.45. The topological polar surface area (TPSA) is 64.6 Å². The molecule has 0 saturated heterocycles. The summed E-state index contributed by atoms with van der Waals surface area (Å²) in [7, 11) is 1.41. The van der Waals surface area contributed by atoms with Gasteiger partial charge in [-0.05, 0) is 36.8 Å². The number of carbonyl (C=O) groups excluding carboxylic acids is 2. The lowest BCUT2D eigenvalue weighted by Gasteiger charge is -2.10. The Labute approximate surface area is 159 Å². The van der Waals surface area contributed by atoms with Gasteiger partial charge in [0, 0.05) is 10.7 Å². The first kappa shape index (κ1) is 19.4. The smallest absolute Gasteiger partial charge is 0.338 e. The molecule has 0 aliphatic rings. The number of amides is 1. The summed E-state index contributed by atoms with van der Waals surface area (Å²) in [6, 6.07) is 7.80.